The smallest absolute Gasteiger partial charge is 0.310 e. The van der Waals surface area contributed by atoms with Crippen molar-refractivity contribution in [3.63, 3.8) is 0 Å². The van der Waals surface area contributed by atoms with Crippen LogP contribution >= 0.6 is 0 Å². The van der Waals surface area contributed by atoms with E-state index in [9.17, 15) is 9.59 Å². The van der Waals surface area contributed by atoms with Crippen molar-refractivity contribution in [3.05, 3.63) is 0 Å². The van der Waals surface area contributed by atoms with E-state index in [0.29, 0.717) is 0 Å². The predicted octanol–water partition coefficient (Wildman–Crippen LogP) is 1.66. The minimum atomic E-state index is -1.16. The van der Waals surface area contributed by atoms with Gasteiger partial charge in [0.25, 0.3) is 0 Å². The molecule has 6 heteroatoms. The van der Waals surface area contributed by atoms with Crippen LogP contribution in [0.25, 0.3) is 0 Å². The Hall–Kier alpha value is -1.72. The van der Waals surface area contributed by atoms with E-state index in [1.807, 2.05) is 13.8 Å². The largest absolute Gasteiger partial charge is 0.481 e. The van der Waals surface area contributed by atoms with Crippen LogP contribution in [0.3, 0.4) is 0 Å². The fraction of sp³-hybridized carbons (Fsp3) is 0.600. The molecule has 0 unspecified atom stereocenters. The molecular formula is C10H22O6. The molecule has 98 valence electrons. The first-order valence-corrected chi connectivity index (χ1v) is 3.64. The minimum Gasteiger partial charge on any atom is -0.481 e. The normalized spacial score (nSPS) is 6.94. The predicted molar refractivity (Wildman–Crippen MR) is 61.0 cm³/mol. The summed E-state index contributed by atoms with van der Waals surface area (Å²) in [6, 6.07) is 0. The third kappa shape index (κ3) is 85.3. The maximum atomic E-state index is 10.1. The number of Topliss-reactive ketones (excluding diaryl/α,β-unsaturated/α-hetero) is 1. The summed E-state index contributed by atoms with van der Waals surface area (Å²) in [7, 11) is 1.25. The van der Waals surface area contributed by atoms with Crippen LogP contribution < -0.4 is 0 Å². The molecule has 0 rings (SSSR count). The van der Waals surface area contributed by atoms with Gasteiger partial charge in [-0.3, -0.25) is 19.2 Å². The van der Waals surface area contributed by atoms with Crippen molar-refractivity contribution in [3.8, 4) is 0 Å². The minimum absolute atomic E-state index is 0. The van der Waals surface area contributed by atoms with E-state index in [1.165, 1.54) is 7.40 Å². The van der Waals surface area contributed by atoms with E-state index >= 15 is 0 Å². The molecule has 0 aromatic carbocycles. The Morgan fingerprint density at radius 3 is 1.75 bits per heavy atom. The van der Waals surface area contributed by atoms with E-state index < -0.39 is 25.1 Å². The van der Waals surface area contributed by atoms with Gasteiger partial charge in [0.05, 0.1) is 0 Å². The average Bonchev–Trinajstić information content (AvgIpc) is 2.35. The molecule has 0 bridgehead atoms. The van der Waals surface area contributed by atoms with Crippen LogP contribution in [-0.4, -0.2) is 29.8 Å². The van der Waals surface area contributed by atoms with Gasteiger partial charge in [-0.2, -0.15) is 0 Å². The van der Waals surface area contributed by atoms with Crippen molar-refractivity contribution in [2.45, 2.75) is 42.0 Å². The van der Waals surface area contributed by atoms with Crippen LogP contribution in [0.4, 0.5) is 0 Å². The quantitative estimate of drug-likeness (QED) is 0.594. The van der Waals surface area contributed by atoms with E-state index in [0.717, 1.165) is 0 Å². The molecule has 0 heterocycles. The van der Waals surface area contributed by atoms with Crippen LogP contribution in [0, 0.1) is 0 Å². The molecule has 0 fully saturated rings. The van der Waals surface area contributed by atoms with Crippen molar-refractivity contribution in [1.29, 1.82) is 0 Å². The number of ketones is 1. The van der Waals surface area contributed by atoms with Gasteiger partial charge in [0.15, 0.2) is 0 Å². The lowest BCUT2D eigenvalue weighted by Crippen LogP contribution is -2.00. The van der Waals surface area contributed by atoms with Gasteiger partial charge in [-0.1, -0.05) is 28.7 Å². The standard InChI is InChI=1S/C4H6O3.C2H2O3.C2H6.2CH4/c1-3(5)2-4(6)7;3-1-5-2-4;1-2;;/h2H2,1H3,(H,6,7);1-2H;1-2H3;2*1H4/i1T;;;1T;. The zero-order chi connectivity index (χ0) is 14.7. The average molecular weight is 242 g/mol. The molecule has 0 saturated heterocycles. The Morgan fingerprint density at radius 1 is 1.31 bits per heavy atom. The summed E-state index contributed by atoms with van der Waals surface area (Å²) < 4.78 is 15.6. The van der Waals surface area contributed by atoms with E-state index in [1.54, 1.807) is 0 Å². The van der Waals surface area contributed by atoms with Gasteiger partial charge in [-0.05, 0) is 6.90 Å². The second-order valence-electron chi connectivity index (χ2n) is 1.44. The SMILES string of the molecule is C.CC.O=COC=O.[3H]C.[3H]CC(=O)CC(=O)O. The topological polar surface area (TPSA) is 97.7 Å². The summed E-state index contributed by atoms with van der Waals surface area (Å²) >= 11 is 0. The number of rotatable bonds is 4. The van der Waals surface area contributed by atoms with Crippen LogP contribution in [0.2, 0.25) is 0 Å². The van der Waals surface area contributed by atoms with Crippen molar-refractivity contribution in [2.75, 3.05) is 0 Å². The number of ether oxygens (including phenoxy) is 1. The Morgan fingerprint density at radius 2 is 1.69 bits per heavy atom. The molecule has 0 aliphatic heterocycles. The Bertz CT molecular complexity index is 191. The number of carbonyl (C=O) groups is 4. The van der Waals surface area contributed by atoms with Gasteiger partial charge < -0.3 is 9.84 Å². The summed E-state index contributed by atoms with van der Waals surface area (Å²) in [5.74, 6) is -1.72. The van der Waals surface area contributed by atoms with Crippen molar-refractivity contribution < 1.29 is 31.8 Å². The fourth-order valence-electron chi connectivity index (χ4n) is 0.191. The second kappa shape index (κ2) is 29.2. The summed E-state index contributed by atoms with van der Waals surface area (Å²) in [4.78, 5) is 37.6. The zero-order valence-electron chi connectivity index (χ0n) is 11.1. The molecule has 0 aliphatic carbocycles. The molecule has 16 heavy (non-hydrogen) atoms. The first kappa shape index (κ1) is 19.8. The highest BCUT2D eigenvalue weighted by Crippen LogP contribution is 1.77. The van der Waals surface area contributed by atoms with Gasteiger partial charge >= 0.3 is 18.9 Å². The second-order valence-corrected chi connectivity index (χ2v) is 1.44. The fourth-order valence-corrected chi connectivity index (χ4v) is 0.191. The molecule has 0 aliphatic rings. The van der Waals surface area contributed by atoms with Crippen molar-refractivity contribution >= 4 is 24.7 Å². The highest BCUT2D eigenvalue weighted by Gasteiger charge is 1.98. The Kier molecular flexibility index (Phi) is 36.1. The number of hydrogen-bond acceptors (Lipinski definition) is 5. The maximum absolute atomic E-state index is 10.1. The van der Waals surface area contributed by atoms with Gasteiger partial charge in [0.1, 0.15) is 12.2 Å². The number of carboxylic acids is 1. The highest BCUT2D eigenvalue weighted by atomic mass is 16.6. The molecule has 1 N–H and O–H groups in total. The lowest BCUT2D eigenvalue weighted by Gasteiger charge is -1.80. The van der Waals surface area contributed by atoms with Gasteiger partial charge in [0, 0.05) is 2.74 Å². The molecule has 0 radical (unpaired) electrons. The summed E-state index contributed by atoms with van der Waals surface area (Å²) in [5.41, 5.74) is 0. The van der Waals surface area contributed by atoms with E-state index in [-0.39, 0.29) is 20.4 Å². The molecule has 0 amide bonds. The first-order valence-electron chi connectivity index (χ1n) is 5.34. The molecule has 0 aromatic rings. The third-order valence-electron chi connectivity index (χ3n) is 0.460. The summed E-state index contributed by atoms with van der Waals surface area (Å²) in [5, 5.41) is 7.91. The number of hydrogen-bond donors (Lipinski definition) is 1. The van der Waals surface area contributed by atoms with Crippen LogP contribution in [0.5, 0.6) is 0 Å². The monoisotopic (exact) mass is 242 g/mol. The van der Waals surface area contributed by atoms with Crippen molar-refractivity contribution in [2.24, 2.45) is 0 Å². The van der Waals surface area contributed by atoms with Gasteiger partial charge in [-0.25, -0.2) is 0 Å². The lowest BCUT2D eigenvalue weighted by atomic mass is 10.3. The summed E-state index contributed by atoms with van der Waals surface area (Å²) in [6.45, 7) is 3.69. The van der Waals surface area contributed by atoms with Gasteiger partial charge in [-0.15, -0.1) is 0 Å². The summed E-state index contributed by atoms with van der Waals surface area (Å²) in [6.07, 6.45) is -0.524. The molecule has 0 aromatic heterocycles. The van der Waals surface area contributed by atoms with Crippen molar-refractivity contribution in [1.82, 2.24) is 0 Å². The van der Waals surface area contributed by atoms with Crippen LogP contribution in [0.1, 0.15) is 44.7 Å². The molecule has 0 atom stereocenters. The lowest BCUT2D eigenvalue weighted by molar-refractivity contribution is -0.142. The number of carbonyl (C=O) groups excluding carboxylic acids is 3. The Labute approximate surface area is 99.4 Å². The Balaban J connectivity index is -0.0000000491. The van der Waals surface area contributed by atoms with Crippen LogP contribution in [0.15, 0.2) is 0 Å². The molecule has 6 nitrogen and oxygen atoms in total. The van der Waals surface area contributed by atoms with Gasteiger partial charge in [0.2, 0.25) is 0 Å². The number of carboxylic acid groups (broad SMARTS) is 1. The van der Waals surface area contributed by atoms with E-state index in [2.05, 4.69) is 4.74 Å². The molecule has 0 spiro atoms. The third-order valence-corrected chi connectivity index (χ3v) is 0.460. The first-order chi connectivity index (χ1) is 8.08. The molecule has 0 saturated carbocycles. The molecular weight excluding hydrogens is 216 g/mol. The van der Waals surface area contributed by atoms with E-state index in [4.69, 9.17) is 17.4 Å². The highest BCUT2D eigenvalue weighted by molar-refractivity contribution is 5.93. The number of aliphatic carboxylic acids is 1. The maximum Gasteiger partial charge on any atom is 0.310 e. The zero-order valence-corrected chi connectivity index (χ0v) is 9.06. The van der Waals surface area contributed by atoms with Crippen LogP contribution in [-0.2, 0) is 23.9 Å².